The Labute approximate surface area is 126 Å². The fourth-order valence-electron chi connectivity index (χ4n) is 2.43. The Morgan fingerprint density at radius 2 is 2.33 bits per heavy atom. The zero-order chi connectivity index (χ0) is 14.8. The lowest BCUT2D eigenvalue weighted by Gasteiger charge is -2.19. The summed E-state index contributed by atoms with van der Waals surface area (Å²) in [5.41, 5.74) is 1.23. The highest BCUT2D eigenvalue weighted by molar-refractivity contribution is 6.33. The van der Waals surface area contributed by atoms with Crippen LogP contribution in [0.1, 0.15) is 12.1 Å². The molecule has 7 nitrogen and oxygen atoms in total. The molecule has 1 saturated heterocycles. The molecule has 0 bridgehead atoms. The topological polar surface area (TPSA) is 86.8 Å². The van der Waals surface area contributed by atoms with Crippen molar-refractivity contribution < 1.29 is 0 Å². The zero-order valence-electron chi connectivity index (χ0n) is 11.5. The summed E-state index contributed by atoms with van der Waals surface area (Å²) in [6.07, 6.45) is 4.06. The SMILES string of the molecule is Cc1cc(NC2CCN(c3cn[nH]c(=O)c3Cl)C2)ncn1. The van der Waals surface area contributed by atoms with Crippen molar-refractivity contribution in [2.45, 2.75) is 19.4 Å². The minimum Gasteiger partial charge on any atom is -0.367 e. The first-order chi connectivity index (χ1) is 10.1. The molecule has 2 N–H and O–H groups in total. The quantitative estimate of drug-likeness (QED) is 0.886. The molecule has 0 radical (unpaired) electrons. The van der Waals surface area contributed by atoms with Crippen LogP contribution in [0.4, 0.5) is 11.5 Å². The van der Waals surface area contributed by atoms with Gasteiger partial charge in [-0.2, -0.15) is 5.10 Å². The normalized spacial score (nSPS) is 18.0. The fraction of sp³-hybridized carbons (Fsp3) is 0.385. The van der Waals surface area contributed by atoms with Gasteiger partial charge in [0.25, 0.3) is 5.56 Å². The van der Waals surface area contributed by atoms with E-state index in [1.807, 2.05) is 13.0 Å². The predicted octanol–water partition coefficient (Wildman–Crippen LogP) is 1.21. The lowest BCUT2D eigenvalue weighted by molar-refractivity contribution is 0.798. The lowest BCUT2D eigenvalue weighted by Crippen LogP contribution is -2.28. The Morgan fingerprint density at radius 1 is 1.48 bits per heavy atom. The molecule has 0 aromatic carbocycles. The number of aromatic nitrogens is 4. The Morgan fingerprint density at radius 3 is 3.14 bits per heavy atom. The van der Waals surface area contributed by atoms with E-state index in [9.17, 15) is 4.79 Å². The van der Waals surface area contributed by atoms with Gasteiger partial charge in [-0.3, -0.25) is 4.79 Å². The Balaban J connectivity index is 1.71. The van der Waals surface area contributed by atoms with Crippen LogP contribution >= 0.6 is 11.6 Å². The Hall–Kier alpha value is -2.15. The number of halogens is 1. The molecule has 0 aliphatic carbocycles. The molecule has 0 saturated carbocycles. The maximum absolute atomic E-state index is 11.5. The van der Waals surface area contributed by atoms with Crippen LogP contribution in [0, 0.1) is 6.92 Å². The fourth-order valence-corrected chi connectivity index (χ4v) is 2.64. The Bertz CT molecular complexity index is 703. The molecule has 21 heavy (non-hydrogen) atoms. The molecule has 0 amide bonds. The number of rotatable bonds is 3. The second kappa shape index (κ2) is 5.69. The highest BCUT2D eigenvalue weighted by Gasteiger charge is 2.25. The lowest BCUT2D eigenvalue weighted by atomic mass is 10.2. The van der Waals surface area contributed by atoms with Gasteiger partial charge < -0.3 is 10.2 Å². The van der Waals surface area contributed by atoms with Crippen LogP contribution in [0.15, 0.2) is 23.4 Å². The monoisotopic (exact) mass is 306 g/mol. The first-order valence-corrected chi connectivity index (χ1v) is 7.04. The third-order valence-electron chi connectivity index (χ3n) is 3.46. The van der Waals surface area contributed by atoms with Gasteiger partial charge in [0.2, 0.25) is 0 Å². The molecule has 2 aromatic rings. The molecular formula is C13H15ClN6O. The van der Waals surface area contributed by atoms with E-state index in [1.165, 1.54) is 0 Å². The number of aromatic amines is 1. The van der Waals surface area contributed by atoms with Crippen molar-refractivity contribution in [3.05, 3.63) is 39.7 Å². The van der Waals surface area contributed by atoms with Gasteiger partial charge in [0.05, 0.1) is 11.9 Å². The number of aryl methyl sites for hydroxylation is 1. The van der Waals surface area contributed by atoms with Gasteiger partial charge in [-0.25, -0.2) is 15.1 Å². The molecule has 1 atom stereocenters. The van der Waals surface area contributed by atoms with E-state index in [0.29, 0.717) is 5.69 Å². The van der Waals surface area contributed by atoms with Gasteiger partial charge >= 0.3 is 0 Å². The summed E-state index contributed by atoms with van der Waals surface area (Å²) in [7, 11) is 0. The maximum atomic E-state index is 11.5. The molecule has 2 aromatic heterocycles. The van der Waals surface area contributed by atoms with Gasteiger partial charge in [-0.05, 0) is 13.3 Å². The number of nitrogens with zero attached hydrogens (tertiary/aromatic N) is 4. The van der Waals surface area contributed by atoms with E-state index in [4.69, 9.17) is 11.6 Å². The van der Waals surface area contributed by atoms with Gasteiger partial charge in [0.15, 0.2) is 0 Å². The summed E-state index contributed by atoms with van der Waals surface area (Å²) < 4.78 is 0. The van der Waals surface area contributed by atoms with Crippen molar-refractivity contribution in [2.75, 3.05) is 23.3 Å². The third kappa shape index (κ3) is 2.97. The molecule has 1 aliphatic rings. The zero-order valence-corrected chi connectivity index (χ0v) is 12.3. The molecule has 0 spiro atoms. The highest BCUT2D eigenvalue weighted by atomic mass is 35.5. The first-order valence-electron chi connectivity index (χ1n) is 6.67. The summed E-state index contributed by atoms with van der Waals surface area (Å²) in [4.78, 5) is 21.8. The standard InChI is InChI=1S/C13H15ClN6O/c1-8-4-11(16-7-15-8)18-9-2-3-20(6-9)10-5-17-19-13(21)12(10)14/h4-5,7,9H,2-3,6H2,1H3,(H,19,21)(H,15,16,18). The minimum absolute atomic E-state index is 0.184. The number of hydrogen-bond acceptors (Lipinski definition) is 6. The van der Waals surface area contributed by atoms with Crippen molar-refractivity contribution in [3.8, 4) is 0 Å². The third-order valence-corrected chi connectivity index (χ3v) is 3.83. The van der Waals surface area contributed by atoms with Gasteiger partial charge in [0, 0.05) is 30.9 Å². The van der Waals surface area contributed by atoms with E-state index < -0.39 is 0 Å². The number of anilines is 2. The van der Waals surface area contributed by atoms with Crippen LogP contribution in [0.2, 0.25) is 5.02 Å². The van der Waals surface area contributed by atoms with Crippen LogP contribution in [0.3, 0.4) is 0 Å². The van der Waals surface area contributed by atoms with Crippen LogP contribution in [-0.4, -0.2) is 39.3 Å². The second-order valence-electron chi connectivity index (χ2n) is 5.02. The molecule has 1 fully saturated rings. The van der Waals surface area contributed by atoms with E-state index in [2.05, 4.69) is 30.4 Å². The molecule has 1 aliphatic heterocycles. The predicted molar refractivity (Wildman–Crippen MR) is 80.9 cm³/mol. The summed E-state index contributed by atoms with van der Waals surface area (Å²) in [6.45, 7) is 3.48. The maximum Gasteiger partial charge on any atom is 0.285 e. The number of hydrogen-bond donors (Lipinski definition) is 2. The minimum atomic E-state index is -0.364. The van der Waals surface area contributed by atoms with Crippen molar-refractivity contribution >= 4 is 23.1 Å². The Kier molecular flexibility index (Phi) is 3.74. The van der Waals surface area contributed by atoms with Crippen LogP contribution in [0.25, 0.3) is 0 Å². The molecule has 110 valence electrons. The van der Waals surface area contributed by atoms with E-state index >= 15 is 0 Å². The largest absolute Gasteiger partial charge is 0.367 e. The summed E-state index contributed by atoms with van der Waals surface area (Å²) >= 11 is 6.04. The summed E-state index contributed by atoms with van der Waals surface area (Å²) in [5, 5.41) is 9.69. The first kappa shape index (κ1) is 13.8. The van der Waals surface area contributed by atoms with Gasteiger partial charge in [-0.15, -0.1) is 0 Å². The van der Waals surface area contributed by atoms with Crippen molar-refractivity contribution in [2.24, 2.45) is 0 Å². The molecule has 3 heterocycles. The summed E-state index contributed by atoms with van der Waals surface area (Å²) in [5.74, 6) is 0.810. The summed E-state index contributed by atoms with van der Waals surface area (Å²) in [6, 6.07) is 2.15. The van der Waals surface area contributed by atoms with Crippen molar-refractivity contribution in [3.63, 3.8) is 0 Å². The average Bonchev–Trinajstić information content (AvgIpc) is 2.90. The van der Waals surface area contributed by atoms with E-state index in [-0.39, 0.29) is 16.6 Å². The van der Waals surface area contributed by atoms with Gasteiger partial charge in [-0.1, -0.05) is 11.6 Å². The molecule has 1 unspecified atom stereocenters. The van der Waals surface area contributed by atoms with Gasteiger partial charge in [0.1, 0.15) is 17.2 Å². The molecular weight excluding hydrogens is 292 g/mol. The van der Waals surface area contributed by atoms with E-state index in [1.54, 1.807) is 12.5 Å². The van der Waals surface area contributed by atoms with Crippen LogP contribution < -0.4 is 15.8 Å². The number of nitrogens with one attached hydrogen (secondary N) is 2. The van der Waals surface area contributed by atoms with Crippen molar-refractivity contribution in [1.29, 1.82) is 0 Å². The van der Waals surface area contributed by atoms with E-state index in [0.717, 1.165) is 31.0 Å². The molecule has 3 rings (SSSR count). The van der Waals surface area contributed by atoms with Crippen LogP contribution in [0.5, 0.6) is 0 Å². The highest BCUT2D eigenvalue weighted by Crippen LogP contribution is 2.25. The smallest absolute Gasteiger partial charge is 0.285 e. The van der Waals surface area contributed by atoms with Crippen LogP contribution in [-0.2, 0) is 0 Å². The van der Waals surface area contributed by atoms with Crippen molar-refractivity contribution in [1.82, 2.24) is 20.2 Å². The number of H-pyrrole nitrogens is 1. The molecule has 8 heteroatoms. The average molecular weight is 307 g/mol. The second-order valence-corrected chi connectivity index (χ2v) is 5.40.